The van der Waals surface area contributed by atoms with E-state index in [0.717, 1.165) is 19.6 Å². The first kappa shape index (κ1) is 13.8. The van der Waals surface area contributed by atoms with Crippen LogP contribution in [0.25, 0.3) is 0 Å². The van der Waals surface area contributed by atoms with Crippen molar-refractivity contribution in [2.45, 2.75) is 25.9 Å². The zero-order valence-electron chi connectivity index (χ0n) is 9.54. The molecule has 0 aliphatic heterocycles. The molecule has 0 aromatic carbocycles. The van der Waals surface area contributed by atoms with Crippen molar-refractivity contribution in [3.63, 3.8) is 0 Å². The smallest absolute Gasteiger partial charge is 0.0749 e. The molecule has 0 spiro atoms. The molecule has 2 N–H and O–H groups in total. The molecule has 0 unspecified atom stereocenters. The SMILES string of the molecule is COCCCOCCOC(C)(C)CN. The fraction of sp³-hybridized carbons (Fsp3) is 1.00. The quantitative estimate of drug-likeness (QED) is 0.565. The Bertz CT molecular complexity index is 129. The molecule has 0 fully saturated rings. The van der Waals surface area contributed by atoms with Crippen LogP contribution in [0.2, 0.25) is 0 Å². The van der Waals surface area contributed by atoms with Crippen LogP contribution >= 0.6 is 0 Å². The molecule has 0 rings (SSSR count). The van der Waals surface area contributed by atoms with Gasteiger partial charge in [-0.15, -0.1) is 0 Å². The Morgan fingerprint density at radius 3 is 2.36 bits per heavy atom. The second kappa shape index (κ2) is 8.17. The fourth-order valence-corrected chi connectivity index (χ4v) is 0.843. The minimum atomic E-state index is -0.240. The third-order valence-corrected chi connectivity index (χ3v) is 1.85. The summed E-state index contributed by atoms with van der Waals surface area (Å²) in [6.07, 6.45) is 0.927. The summed E-state index contributed by atoms with van der Waals surface area (Å²) in [4.78, 5) is 0. The van der Waals surface area contributed by atoms with Gasteiger partial charge in [0, 0.05) is 26.9 Å². The van der Waals surface area contributed by atoms with E-state index in [9.17, 15) is 0 Å². The van der Waals surface area contributed by atoms with Crippen molar-refractivity contribution in [3.8, 4) is 0 Å². The van der Waals surface area contributed by atoms with Crippen LogP contribution in [-0.2, 0) is 14.2 Å². The van der Waals surface area contributed by atoms with Crippen LogP contribution < -0.4 is 5.73 Å². The summed E-state index contributed by atoms with van der Waals surface area (Å²) < 4.78 is 15.7. The van der Waals surface area contributed by atoms with Crippen molar-refractivity contribution in [2.75, 3.05) is 40.1 Å². The Hall–Kier alpha value is -0.160. The molecular weight excluding hydrogens is 182 g/mol. The second-order valence-electron chi connectivity index (χ2n) is 3.77. The number of hydrogen-bond donors (Lipinski definition) is 1. The standard InChI is InChI=1S/C10H23NO3/c1-10(2,9-11)14-8-7-13-6-4-5-12-3/h4-9,11H2,1-3H3. The lowest BCUT2D eigenvalue weighted by molar-refractivity contribution is -0.0416. The molecule has 0 radical (unpaired) electrons. The van der Waals surface area contributed by atoms with Crippen LogP contribution in [-0.4, -0.2) is 45.7 Å². The highest BCUT2D eigenvalue weighted by Crippen LogP contribution is 2.05. The fourth-order valence-electron chi connectivity index (χ4n) is 0.843. The molecule has 4 heteroatoms. The maximum Gasteiger partial charge on any atom is 0.0749 e. The Labute approximate surface area is 86.7 Å². The van der Waals surface area contributed by atoms with E-state index in [2.05, 4.69) is 0 Å². The van der Waals surface area contributed by atoms with Crippen molar-refractivity contribution in [3.05, 3.63) is 0 Å². The van der Waals surface area contributed by atoms with Gasteiger partial charge in [-0.1, -0.05) is 0 Å². The molecule has 0 aliphatic carbocycles. The molecule has 0 saturated heterocycles. The average Bonchev–Trinajstić information content (AvgIpc) is 2.16. The topological polar surface area (TPSA) is 53.7 Å². The molecule has 0 atom stereocenters. The highest BCUT2D eigenvalue weighted by Gasteiger charge is 2.14. The van der Waals surface area contributed by atoms with Gasteiger partial charge in [0.05, 0.1) is 18.8 Å². The highest BCUT2D eigenvalue weighted by molar-refractivity contribution is 4.68. The van der Waals surface area contributed by atoms with E-state index < -0.39 is 0 Å². The van der Waals surface area contributed by atoms with Gasteiger partial charge in [0.25, 0.3) is 0 Å². The summed E-state index contributed by atoms with van der Waals surface area (Å²) in [7, 11) is 1.69. The lowest BCUT2D eigenvalue weighted by Crippen LogP contribution is -2.35. The summed E-state index contributed by atoms with van der Waals surface area (Å²) in [6, 6.07) is 0. The summed E-state index contributed by atoms with van der Waals surface area (Å²) in [6.45, 7) is 7.15. The van der Waals surface area contributed by atoms with E-state index in [4.69, 9.17) is 19.9 Å². The van der Waals surface area contributed by atoms with Gasteiger partial charge in [-0.25, -0.2) is 0 Å². The molecule has 0 aromatic heterocycles. The Morgan fingerprint density at radius 2 is 1.79 bits per heavy atom. The molecule has 4 nitrogen and oxygen atoms in total. The van der Waals surface area contributed by atoms with Crippen molar-refractivity contribution in [1.82, 2.24) is 0 Å². The third-order valence-electron chi connectivity index (χ3n) is 1.85. The molecule has 0 heterocycles. The van der Waals surface area contributed by atoms with E-state index in [1.165, 1.54) is 0 Å². The molecular formula is C10H23NO3. The lowest BCUT2D eigenvalue weighted by atomic mass is 10.1. The second-order valence-corrected chi connectivity index (χ2v) is 3.77. The molecule has 86 valence electrons. The predicted octanol–water partition coefficient (Wildman–Crippen LogP) is 0.793. The van der Waals surface area contributed by atoms with Gasteiger partial charge in [-0.2, -0.15) is 0 Å². The number of hydrogen-bond acceptors (Lipinski definition) is 4. The maximum absolute atomic E-state index is 5.50. The first-order valence-electron chi connectivity index (χ1n) is 5.03. The van der Waals surface area contributed by atoms with Gasteiger partial charge in [0.15, 0.2) is 0 Å². The number of methoxy groups -OCH3 is 1. The van der Waals surface area contributed by atoms with Gasteiger partial charge >= 0.3 is 0 Å². The van der Waals surface area contributed by atoms with Crippen LogP contribution in [0.1, 0.15) is 20.3 Å². The van der Waals surface area contributed by atoms with Crippen molar-refractivity contribution >= 4 is 0 Å². The van der Waals surface area contributed by atoms with E-state index >= 15 is 0 Å². The summed E-state index contributed by atoms with van der Waals surface area (Å²) >= 11 is 0. The van der Waals surface area contributed by atoms with Crippen LogP contribution in [0.15, 0.2) is 0 Å². The highest BCUT2D eigenvalue weighted by atomic mass is 16.5. The van der Waals surface area contributed by atoms with E-state index in [-0.39, 0.29) is 5.60 Å². The minimum Gasteiger partial charge on any atom is -0.385 e. The van der Waals surface area contributed by atoms with Gasteiger partial charge < -0.3 is 19.9 Å². The predicted molar refractivity (Wildman–Crippen MR) is 56.4 cm³/mol. The molecule has 0 amide bonds. The van der Waals surface area contributed by atoms with Gasteiger partial charge in [0.1, 0.15) is 0 Å². The maximum atomic E-state index is 5.50. The normalized spacial score (nSPS) is 12.0. The van der Waals surface area contributed by atoms with Crippen molar-refractivity contribution in [1.29, 1.82) is 0 Å². The van der Waals surface area contributed by atoms with Crippen LogP contribution in [0, 0.1) is 0 Å². The van der Waals surface area contributed by atoms with Crippen molar-refractivity contribution < 1.29 is 14.2 Å². The van der Waals surface area contributed by atoms with Crippen LogP contribution in [0.5, 0.6) is 0 Å². The first-order chi connectivity index (χ1) is 6.62. The van der Waals surface area contributed by atoms with E-state index in [1.807, 2.05) is 13.8 Å². The number of rotatable bonds is 9. The largest absolute Gasteiger partial charge is 0.385 e. The Morgan fingerprint density at radius 1 is 1.07 bits per heavy atom. The first-order valence-corrected chi connectivity index (χ1v) is 5.03. The van der Waals surface area contributed by atoms with Gasteiger partial charge in [-0.05, 0) is 20.3 Å². The van der Waals surface area contributed by atoms with Crippen molar-refractivity contribution in [2.24, 2.45) is 5.73 Å². The Balaban J connectivity index is 3.13. The van der Waals surface area contributed by atoms with E-state index in [0.29, 0.717) is 19.8 Å². The summed E-state index contributed by atoms with van der Waals surface area (Å²) in [5.74, 6) is 0. The lowest BCUT2D eigenvalue weighted by Gasteiger charge is -2.22. The number of nitrogens with two attached hydrogens (primary N) is 1. The Kier molecular flexibility index (Phi) is 8.08. The van der Waals surface area contributed by atoms with Crippen LogP contribution in [0.4, 0.5) is 0 Å². The van der Waals surface area contributed by atoms with E-state index in [1.54, 1.807) is 7.11 Å². The van der Waals surface area contributed by atoms with Crippen LogP contribution in [0.3, 0.4) is 0 Å². The summed E-state index contributed by atoms with van der Waals surface area (Å²) in [5.41, 5.74) is 5.26. The molecule has 14 heavy (non-hydrogen) atoms. The molecule has 0 saturated carbocycles. The molecule has 0 aromatic rings. The zero-order chi connectivity index (χ0) is 10.9. The monoisotopic (exact) mass is 205 g/mol. The minimum absolute atomic E-state index is 0.240. The van der Waals surface area contributed by atoms with Gasteiger partial charge in [0.2, 0.25) is 0 Å². The summed E-state index contributed by atoms with van der Waals surface area (Å²) in [5, 5.41) is 0. The van der Waals surface area contributed by atoms with Gasteiger partial charge in [-0.3, -0.25) is 0 Å². The number of ether oxygens (including phenoxy) is 3. The zero-order valence-corrected chi connectivity index (χ0v) is 9.54. The average molecular weight is 205 g/mol. The molecule has 0 aliphatic rings. The third kappa shape index (κ3) is 8.44. The molecule has 0 bridgehead atoms.